The number of hydrogen-bond acceptors (Lipinski definition) is 2. The molecule has 6 fully saturated rings. The van der Waals surface area contributed by atoms with Crippen LogP contribution in [0.4, 0.5) is 0 Å². The predicted octanol–water partition coefficient (Wildman–Crippen LogP) is 7.24. The van der Waals surface area contributed by atoms with Crippen LogP contribution < -0.4 is 0 Å². The lowest BCUT2D eigenvalue weighted by Gasteiger charge is -2.73. The van der Waals surface area contributed by atoms with Crippen LogP contribution in [0.3, 0.4) is 0 Å². The Balaban J connectivity index is 1.39. The van der Waals surface area contributed by atoms with E-state index in [1.54, 1.807) is 0 Å². The lowest BCUT2D eigenvalue weighted by atomic mass is 9.31. The van der Waals surface area contributed by atoms with Crippen molar-refractivity contribution in [1.29, 1.82) is 0 Å². The Hall–Kier alpha value is -0.0800. The van der Waals surface area contributed by atoms with Crippen molar-refractivity contribution < 1.29 is 9.84 Å². The second kappa shape index (κ2) is 6.37. The number of fused-ring (bicyclic) bond motifs is 5. The first kappa shape index (κ1) is 22.4. The van der Waals surface area contributed by atoms with E-state index in [9.17, 15) is 5.11 Å². The number of aliphatic hydroxyl groups is 1. The van der Waals surface area contributed by atoms with Gasteiger partial charge in [0.15, 0.2) is 0 Å². The van der Waals surface area contributed by atoms with E-state index in [1.165, 1.54) is 57.8 Å². The van der Waals surface area contributed by atoms with Gasteiger partial charge in [-0.15, -0.1) is 0 Å². The summed E-state index contributed by atoms with van der Waals surface area (Å²) in [6.07, 6.45) is 13.7. The van der Waals surface area contributed by atoms with Gasteiger partial charge in [-0.05, 0) is 120 Å². The van der Waals surface area contributed by atoms with Crippen molar-refractivity contribution in [1.82, 2.24) is 0 Å². The highest BCUT2D eigenvalue weighted by Crippen LogP contribution is 2.78. The van der Waals surface area contributed by atoms with Crippen molar-refractivity contribution in [2.24, 2.45) is 56.2 Å². The molecular formula is C30H50O2. The minimum atomic E-state index is -0.122. The van der Waals surface area contributed by atoms with Gasteiger partial charge in [0.25, 0.3) is 0 Å². The van der Waals surface area contributed by atoms with Crippen LogP contribution in [0.2, 0.25) is 0 Å². The summed E-state index contributed by atoms with van der Waals surface area (Å²) in [5.74, 6) is 3.11. The van der Waals surface area contributed by atoms with Crippen LogP contribution in [0.5, 0.6) is 0 Å². The summed E-state index contributed by atoms with van der Waals surface area (Å²) in [7, 11) is 0. The first-order valence-corrected chi connectivity index (χ1v) is 14.1. The Morgan fingerprint density at radius 2 is 1.41 bits per heavy atom. The average Bonchev–Trinajstić information content (AvgIpc) is 3.05. The second-order valence-corrected chi connectivity index (χ2v) is 15.7. The highest BCUT2D eigenvalue weighted by Gasteiger charge is 2.72. The van der Waals surface area contributed by atoms with Gasteiger partial charge in [0.05, 0.1) is 18.8 Å². The molecule has 2 nitrogen and oxygen atoms in total. The van der Waals surface area contributed by atoms with Gasteiger partial charge >= 0.3 is 0 Å². The molecule has 0 spiro atoms. The molecule has 0 radical (unpaired) electrons. The van der Waals surface area contributed by atoms with Gasteiger partial charge in [0, 0.05) is 0 Å². The van der Waals surface area contributed by atoms with Gasteiger partial charge in [-0.2, -0.15) is 0 Å². The van der Waals surface area contributed by atoms with E-state index < -0.39 is 0 Å². The molecule has 1 saturated heterocycles. The lowest BCUT2D eigenvalue weighted by molar-refractivity contribution is -0.252. The first-order chi connectivity index (χ1) is 14.8. The molecule has 0 aromatic rings. The third-order valence-corrected chi connectivity index (χ3v) is 14.1. The Kier molecular flexibility index (Phi) is 4.46. The molecule has 6 aliphatic rings. The Bertz CT molecular complexity index is 801. The third-order valence-electron chi connectivity index (χ3n) is 14.1. The van der Waals surface area contributed by atoms with Gasteiger partial charge < -0.3 is 9.84 Å². The topological polar surface area (TPSA) is 29.5 Å². The van der Waals surface area contributed by atoms with E-state index in [4.69, 9.17) is 4.74 Å². The van der Waals surface area contributed by atoms with Crippen molar-refractivity contribution in [3.63, 3.8) is 0 Å². The van der Waals surface area contributed by atoms with Crippen molar-refractivity contribution in [3.05, 3.63) is 0 Å². The van der Waals surface area contributed by atoms with Crippen LogP contribution in [0.25, 0.3) is 0 Å². The zero-order valence-corrected chi connectivity index (χ0v) is 22.1. The normalized spacial score (nSPS) is 60.0. The molecule has 1 N–H and O–H groups in total. The van der Waals surface area contributed by atoms with Crippen LogP contribution in [0.1, 0.15) is 113 Å². The van der Waals surface area contributed by atoms with E-state index >= 15 is 0 Å². The van der Waals surface area contributed by atoms with Crippen LogP contribution in [0, 0.1) is 56.2 Å². The van der Waals surface area contributed by atoms with E-state index in [0.29, 0.717) is 39.1 Å². The van der Waals surface area contributed by atoms with Gasteiger partial charge in [-0.3, -0.25) is 0 Å². The van der Waals surface area contributed by atoms with E-state index in [0.717, 1.165) is 30.8 Å². The number of hydrogen-bond donors (Lipinski definition) is 1. The Labute approximate surface area is 197 Å². The number of rotatable bonds is 0. The molecule has 1 heterocycles. The predicted molar refractivity (Wildman–Crippen MR) is 130 cm³/mol. The van der Waals surface area contributed by atoms with Crippen LogP contribution in [-0.4, -0.2) is 23.9 Å². The van der Waals surface area contributed by atoms with E-state index in [2.05, 4.69) is 48.5 Å². The summed E-state index contributed by atoms with van der Waals surface area (Å²) in [4.78, 5) is 0. The molecule has 0 amide bonds. The van der Waals surface area contributed by atoms with Crippen molar-refractivity contribution in [3.8, 4) is 0 Å². The molecule has 0 unspecified atom stereocenters. The zero-order chi connectivity index (χ0) is 22.9. The maximum absolute atomic E-state index is 10.9. The van der Waals surface area contributed by atoms with Crippen LogP contribution in [-0.2, 0) is 4.74 Å². The highest BCUT2D eigenvalue weighted by molar-refractivity contribution is 5.21. The maximum Gasteiger partial charge on any atom is 0.0663 e. The summed E-state index contributed by atoms with van der Waals surface area (Å²) in [6.45, 7) is 18.9. The summed E-state index contributed by atoms with van der Waals surface area (Å²) in [5, 5.41) is 10.9. The maximum atomic E-state index is 10.9. The van der Waals surface area contributed by atoms with Crippen molar-refractivity contribution >= 4 is 0 Å². The molecule has 1 aliphatic heterocycles. The number of ether oxygens (including phenoxy) is 1. The minimum absolute atomic E-state index is 0.0586. The molecule has 2 bridgehead atoms. The third kappa shape index (κ3) is 2.41. The summed E-state index contributed by atoms with van der Waals surface area (Å²) in [5.41, 5.74) is 2.16. The van der Waals surface area contributed by atoms with Gasteiger partial charge in [0.2, 0.25) is 0 Å². The molecule has 182 valence electrons. The monoisotopic (exact) mass is 442 g/mol. The molecular weight excluding hydrogens is 392 g/mol. The summed E-state index contributed by atoms with van der Waals surface area (Å²) in [6, 6.07) is 0. The lowest BCUT2D eigenvalue weighted by Crippen LogP contribution is -2.67. The summed E-state index contributed by atoms with van der Waals surface area (Å²) < 4.78 is 6.71. The van der Waals surface area contributed by atoms with E-state index in [-0.39, 0.29) is 11.5 Å². The van der Waals surface area contributed by atoms with E-state index in [1.807, 2.05) is 0 Å². The van der Waals surface area contributed by atoms with Crippen LogP contribution in [0.15, 0.2) is 0 Å². The molecule has 5 aliphatic carbocycles. The molecule has 2 heteroatoms. The first-order valence-electron chi connectivity index (χ1n) is 14.1. The quantitative estimate of drug-likeness (QED) is 0.428. The fraction of sp³-hybridized carbons (Fsp3) is 1.00. The number of aliphatic hydroxyl groups excluding tert-OH is 1. The zero-order valence-electron chi connectivity index (χ0n) is 22.1. The fourth-order valence-electron chi connectivity index (χ4n) is 12.0. The standard InChI is InChI=1S/C30H50O2/c1-25(2)14-16-30-17-15-28(6)19(23(30)24(25)32-18-30)8-9-21-27(5)12-11-22(31)26(3,4)20(27)10-13-29(21,28)7/h19-24,31H,8-18H2,1-7H3/t19-,20+,21-,22+,23-,24-,27+,28-,29-,30+/m1/s1. The largest absolute Gasteiger partial charge is 0.393 e. The molecule has 5 saturated carbocycles. The molecule has 0 aromatic heterocycles. The molecule has 32 heavy (non-hydrogen) atoms. The summed E-state index contributed by atoms with van der Waals surface area (Å²) >= 11 is 0. The average molecular weight is 443 g/mol. The van der Waals surface area contributed by atoms with Gasteiger partial charge in [0.1, 0.15) is 0 Å². The Morgan fingerprint density at radius 1 is 0.688 bits per heavy atom. The molecule has 6 rings (SSSR count). The SMILES string of the molecule is CC1(C)CC[C@@]23CC[C@]4(C)[C@H](CC[C@@H]5[C@@]6(C)CC[C@H](O)C(C)(C)[C@@H]6CC[C@]54C)[C@@H]2[C@H]1OC3. The second-order valence-electron chi connectivity index (χ2n) is 15.7. The fourth-order valence-corrected chi connectivity index (χ4v) is 12.0. The smallest absolute Gasteiger partial charge is 0.0663 e. The van der Waals surface area contributed by atoms with Crippen molar-refractivity contribution in [2.45, 2.75) is 125 Å². The van der Waals surface area contributed by atoms with Gasteiger partial charge in [-0.25, -0.2) is 0 Å². The highest BCUT2D eigenvalue weighted by atomic mass is 16.5. The minimum Gasteiger partial charge on any atom is -0.393 e. The Morgan fingerprint density at radius 3 is 2.16 bits per heavy atom. The van der Waals surface area contributed by atoms with Gasteiger partial charge in [-0.1, -0.05) is 48.5 Å². The van der Waals surface area contributed by atoms with Crippen LogP contribution >= 0.6 is 0 Å². The molecule has 0 aromatic carbocycles. The molecule has 10 atom stereocenters. The van der Waals surface area contributed by atoms with Crippen molar-refractivity contribution in [2.75, 3.05) is 6.61 Å².